The molecule has 0 aliphatic rings. The Bertz CT molecular complexity index is 480. The average molecular weight is 256 g/mol. The van der Waals surface area contributed by atoms with E-state index in [1.165, 1.54) is 5.56 Å². The summed E-state index contributed by atoms with van der Waals surface area (Å²) >= 11 is 0. The van der Waals surface area contributed by atoms with Crippen LogP contribution in [-0.4, -0.2) is 11.0 Å². The Balaban J connectivity index is 1.85. The fourth-order valence-electron chi connectivity index (χ4n) is 1.64. The van der Waals surface area contributed by atoms with Crippen LogP contribution in [0.4, 0.5) is 0 Å². The van der Waals surface area contributed by atoms with Gasteiger partial charge in [-0.3, -0.25) is 4.98 Å². The molecule has 0 fully saturated rings. The summed E-state index contributed by atoms with van der Waals surface area (Å²) in [6, 6.07) is 14.4. The zero-order valence-electron chi connectivity index (χ0n) is 11.5. The maximum Gasteiger partial charge on any atom is 0.130 e. The van der Waals surface area contributed by atoms with Gasteiger partial charge in [0.05, 0.1) is 5.69 Å². The van der Waals surface area contributed by atoms with Crippen molar-refractivity contribution in [1.82, 2.24) is 10.3 Å². The van der Waals surface area contributed by atoms with E-state index in [9.17, 15) is 0 Å². The van der Waals surface area contributed by atoms with Crippen molar-refractivity contribution in [2.45, 2.75) is 33.0 Å². The number of pyridine rings is 1. The van der Waals surface area contributed by atoms with Crippen molar-refractivity contribution in [2.75, 3.05) is 0 Å². The number of hydrogen-bond donors (Lipinski definition) is 1. The van der Waals surface area contributed by atoms with Crippen LogP contribution in [0.1, 0.15) is 25.1 Å². The molecule has 0 saturated heterocycles. The number of benzene rings is 1. The molecule has 0 aliphatic heterocycles. The molecule has 0 amide bonds. The highest BCUT2D eigenvalue weighted by Crippen LogP contribution is 2.10. The molecule has 3 nitrogen and oxygen atoms in total. The smallest absolute Gasteiger partial charge is 0.130 e. The first-order valence-electron chi connectivity index (χ1n) is 6.59. The van der Waals surface area contributed by atoms with Crippen molar-refractivity contribution < 1.29 is 4.74 Å². The molecule has 0 atom stereocenters. The quantitative estimate of drug-likeness (QED) is 0.862. The van der Waals surface area contributed by atoms with Gasteiger partial charge in [0.2, 0.25) is 0 Å². The first-order valence-corrected chi connectivity index (χ1v) is 6.59. The third-order valence-electron chi connectivity index (χ3n) is 2.73. The van der Waals surface area contributed by atoms with Crippen LogP contribution in [0.2, 0.25) is 0 Å². The van der Waals surface area contributed by atoms with Gasteiger partial charge in [-0.2, -0.15) is 0 Å². The summed E-state index contributed by atoms with van der Waals surface area (Å²) in [4.78, 5) is 4.41. The molecule has 0 bridgehead atoms. The lowest BCUT2D eigenvalue weighted by molar-refractivity contribution is 0.301. The monoisotopic (exact) mass is 256 g/mol. The third-order valence-corrected chi connectivity index (χ3v) is 2.73. The number of hydrogen-bond acceptors (Lipinski definition) is 3. The summed E-state index contributed by atoms with van der Waals surface area (Å²) in [6.45, 7) is 5.62. The number of para-hydroxylation sites is 1. The summed E-state index contributed by atoms with van der Waals surface area (Å²) in [6.07, 6.45) is 1.90. The SMILES string of the molecule is CC(C)NCc1ccc(COc2ccccc2)nc1. The molecule has 1 heterocycles. The molecule has 3 heteroatoms. The summed E-state index contributed by atoms with van der Waals surface area (Å²) in [5.41, 5.74) is 2.13. The average Bonchev–Trinajstić information content (AvgIpc) is 2.45. The zero-order chi connectivity index (χ0) is 13.5. The van der Waals surface area contributed by atoms with Gasteiger partial charge >= 0.3 is 0 Å². The number of ether oxygens (including phenoxy) is 1. The van der Waals surface area contributed by atoms with Crippen molar-refractivity contribution in [3.63, 3.8) is 0 Å². The zero-order valence-corrected chi connectivity index (χ0v) is 11.5. The van der Waals surface area contributed by atoms with Crippen molar-refractivity contribution in [3.8, 4) is 5.75 Å². The Kier molecular flexibility index (Phi) is 4.93. The summed E-state index contributed by atoms with van der Waals surface area (Å²) in [7, 11) is 0. The number of aromatic nitrogens is 1. The van der Waals surface area contributed by atoms with Crippen molar-refractivity contribution in [1.29, 1.82) is 0 Å². The summed E-state index contributed by atoms with van der Waals surface area (Å²) in [5, 5.41) is 3.37. The van der Waals surface area contributed by atoms with Gasteiger partial charge in [-0.05, 0) is 23.8 Å². The summed E-state index contributed by atoms with van der Waals surface area (Å²) in [5.74, 6) is 0.870. The highest BCUT2D eigenvalue weighted by atomic mass is 16.5. The minimum absolute atomic E-state index is 0.487. The molecular weight excluding hydrogens is 236 g/mol. The van der Waals surface area contributed by atoms with Crippen LogP contribution in [0.25, 0.3) is 0 Å². The maximum absolute atomic E-state index is 5.65. The Morgan fingerprint density at radius 1 is 1.11 bits per heavy atom. The Morgan fingerprint density at radius 3 is 2.53 bits per heavy atom. The van der Waals surface area contributed by atoms with Crippen LogP contribution >= 0.6 is 0 Å². The molecule has 1 aromatic carbocycles. The molecule has 1 N–H and O–H groups in total. The Labute approximate surface area is 114 Å². The summed E-state index contributed by atoms with van der Waals surface area (Å²) < 4.78 is 5.65. The molecule has 19 heavy (non-hydrogen) atoms. The van der Waals surface area contributed by atoms with E-state index in [4.69, 9.17) is 4.74 Å². The van der Waals surface area contributed by atoms with Crippen LogP contribution < -0.4 is 10.1 Å². The molecule has 1 aromatic heterocycles. The maximum atomic E-state index is 5.65. The van der Waals surface area contributed by atoms with Gasteiger partial charge < -0.3 is 10.1 Å². The van der Waals surface area contributed by atoms with E-state index in [1.807, 2.05) is 42.6 Å². The van der Waals surface area contributed by atoms with Crippen LogP contribution in [0.5, 0.6) is 5.75 Å². The number of nitrogens with zero attached hydrogens (tertiary/aromatic N) is 1. The van der Waals surface area contributed by atoms with E-state index >= 15 is 0 Å². The van der Waals surface area contributed by atoms with E-state index < -0.39 is 0 Å². The molecule has 0 saturated carbocycles. The number of nitrogens with one attached hydrogen (secondary N) is 1. The van der Waals surface area contributed by atoms with Crippen LogP contribution in [-0.2, 0) is 13.2 Å². The third kappa shape index (κ3) is 4.72. The van der Waals surface area contributed by atoms with Gasteiger partial charge in [0.25, 0.3) is 0 Å². The molecule has 2 aromatic rings. The van der Waals surface area contributed by atoms with E-state index in [0.29, 0.717) is 12.6 Å². The van der Waals surface area contributed by atoms with Gasteiger partial charge in [-0.1, -0.05) is 38.1 Å². The Hall–Kier alpha value is -1.87. The van der Waals surface area contributed by atoms with Crippen LogP contribution in [0.3, 0.4) is 0 Å². The Morgan fingerprint density at radius 2 is 1.89 bits per heavy atom. The van der Waals surface area contributed by atoms with Crippen molar-refractivity contribution >= 4 is 0 Å². The molecule has 100 valence electrons. The van der Waals surface area contributed by atoms with E-state index in [1.54, 1.807) is 0 Å². The minimum atomic E-state index is 0.487. The topological polar surface area (TPSA) is 34.1 Å². The van der Waals surface area contributed by atoms with Crippen molar-refractivity contribution in [2.24, 2.45) is 0 Å². The van der Waals surface area contributed by atoms with Crippen LogP contribution in [0.15, 0.2) is 48.7 Å². The first-order chi connectivity index (χ1) is 9.24. The molecule has 0 spiro atoms. The highest BCUT2D eigenvalue weighted by molar-refractivity contribution is 5.21. The fraction of sp³-hybridized carbons (Fsp3) is 0.312. The lowest BCUT2D eigenvalue weighted by Gasteiger charge is -2.09. The van der Waals surface area contributed by atoms with E-state index in [-0.39, 0.29) is 0 Å². The highest BCUT2D eigenvalue weighted by Gasteiger charge is 1.99. The molecular formula is C16H20N2O. The second kappa shape index (κ2) is 6.90. The fourth-order valence-corrected chi connectivity index (χ4v) is 1.64. The van der Waals surface area contributed by atoms with Crippen molar-refractivity contribution in [3.05, 3.63) is 59.9 Å². The lowest BCUT2D eigenvalue weighted by atomic mass is 10.2. The van der Waals surface area contributed by atoms with Gasteiger partial charge in [0.1, 0.15) is 12.4 Å². The van der Waals surface area contributed by atoms with Crippen LogP contribution in [0, 0.1) is 0 Å². The lowest BCUT2D eigenvalue weighted by Crippen LogP contribution is -2.21. The molecule has 0 unspecified atom stereocenters. The molecule has 2 rings (SSSR count). The van der Waals surface area contributed by atoms with Gasteiger partial charge in [0, 0.05) is 18.8 Å². The minimum Gasteiger partial charge on any atom is -0.487 e. The van der Waals surface area contributed by atoms with Gasteiger partial charge in [-0.15, -0.1) is 0 Å². The second-order valence-electron chi connectivity index (χ2n) is 4.80. The van der Waals surface area contributed by atoms with E-state index in [0.717, 1.165) is 18.0 Å². The molecule has 0 aliphatic carbocycles. The normalized spacial score (nSPS) is 10.7. The standard InChI is InChI=1S/C16H20N2O/c1-13(2)17-10-14-8-9-15(18-11-14)12-19-16-6-4-3-5-7-16/h3-9,11,13,17H,10,12H2,1-2H3. The predicted octanol–water partition coefficient (Wildman–Crippen LogP) is 3.16. The first kappa shape index (κ1) is 13.6. The van der Waals surface area contributed by atoms with Gasteiger partial charge in [0.15, 0.2) is 0 Å². The largest absolute Gasteiger partial charge is 0.487 e. The second-order valence-corrected chi connectivity index (χ2v) is 4.80. The predicted molar refractivity (Wildman–Crippen MR) is 77.0 cm³/mol. The molecule has 0 radical (unpaired) electrons. The van der Waals surface area contributed by atoms with Gasteiger partial charge in [-0.25, -0.2) is 0 Å². The number of rotatable bonds is 6. The van der Waals surface area contributed by atoms with E-state index in [2.05, 4.69) is 30.2 Å².